The molecular weight excluding hydrogens is 250 g/mol. The summed E-state index contributed by atoms with van der Waals surface area (Å²) in [5.74, 6) is 1.73. The van der Waals surface area contributed by atoms with Crippen LogP contribution in [0.3, 0.4) is 0 Å². The van der Waals surface area contributed by atoms with Crippen molar-refractivity contribution >= 4 is 11.5 Å². The number of benzene rings is 1. The number of pyridine rings is 1. The van der Waals surface area contributed by atoms with Gasteiger partial charge in [-0.15, -0.1) is 0 Å². The molecule has 0 spiro atoms. The molecule has 0 amide bonds. The van der Waals surface area contributed by atoms with Gasteiger partial charge >= 0.3 is 0 Å². The second-order valence-electron chi connectivity index (χ2n) is 4.85. The molecule has 2 rings (SSSR count). The second-order valence-corrected chi connectivity index (χ2v) is 4.85. The van der Waals surface area contributed by atoms with Crippen molar-refractivity contribution in [1.29, 1.82) is 0 Å². The number of aromatic nitrogens is 1. The van der Waals surface area contributed by atoms with E-state index in [9.17, 15) is 0 Å². The smallest absolute Gasteiger partial charge is 0.137 e. The van der Waals surface area contributed by atoms with Gasteiger partial charge in [-0.05, 0) is 37.6 Å². The fourth-order valence-electron chi connectivity index (χ4n) is 2.31. The third-order valence-electron chi connectivity index (χ3n) is 3.42. The summed E-state index contributed by atoms with van der Waals surface area (Å²) in [5, 5.41) is 0. The number of aryl methyl sites for hydroxylation is 2. The number of hydrogen-bond donors (Lipinski definition) is 1. The van der Waals surface area contributed by atoms with Crippen LogP contribution in [0.15, 0.2) is 30.3 Å². The lowest BCUT2D eigenvalue weighted by Crippen LogP contribution is -2.17. The van der Waals surface area contributed by atoms with E-state index >= 15 is 0 Å². The molecule has 0 unspecified atom stereocenters. The highest BCUT2D eigenvalue weighted by molar-refractivity contribution is 5.65. The molecule has 1 heterocycles. The Balaban J connectivity index is 2.49. The first-order valence-corrected chi connectivity index (χ1v) is 6.61. The summed E-state index contributed by atoms with van der Waals surface area (Å²) in [6.07, 6.45) is 0. The fourth-order valence-corrected chi connectivity index (χ4v) is 2.31. The lowest BCUT2D eigenvalue weighted by molar-refractivity contribution is 0.415. The van der Waals surface area contributed by atoms with Gasteiger partial charge in [0, 0.05) is 36.6 Å². The van der Waals surface area contributed by atoms with Crippen LogP contribution in [0.25, 0.3) is 0 Å². The second kappa shape index (κ2) is 5.92. The number of rotatable bonds is 4. The Morgan fingerprint density at radius 1 is 1.25 bits per heavy atom. The first-order chi connectivity index (χ1) is 9.56. The van der Waals surface area contributed by atoms with Gasteiger partial charge in [0.1, 0.15) is 11.6 Å². The molecule has 0 fully saturated rings. The Bertz CT molecular complexity index is 611. The molecule has 0 aliphatic rings. The number of methoxy groups -OCH3 is 1. The van der Waals surface area contributed by atoms with E-state index in [1.807, 2.05) is 43.1 Å². The SMILES string of the molecule is COc1cccc(N(C)c2nc(C)cc(C)c2CN)c1. The molecular formula is C16H21N3O. The zero-order valence-electron chi connectivity index (χ0n) is 12.5. The van der Waals surface area contributed by atoms with Crippen LogP contribution >= 0.6 is 0 Å². The van der Waals surface area contributed by atoms with Gasteiger partial charge < -0.3 is 15.4 Å². The van der Waals surface area contributed by atoms with Gasteiger partial charge in [-0.25, -0.2) is 4.98 Å². The molecule has 1 aromatic heterocycles. The zero-order chi connectivity index (χ0) is 14.7. The van der Waals surface area contributed by atoms with Gasteiger partial charge in [0.2, 0.25) is 0 Å². The lowest BCUT2D eigenvalue weighted by atomic mass is 10.1. The molecule has 106 valence electrons. The lowest BCUT2D eigenvalue weighted by Gasteiger charge is -2.23. The average molecular weight is 271 g/mol. The van der Waals surface area contributed by atoms with E-state index in [1.54, 1.807) is 7.11 Å². The van der Waals surface area contributed by atoms with E-state index in [-0.39, 0.29) is 0 Å². The first-order valence-electron chi connectivity index (χ1n) is 6.61. The third kappa shape index (κ3) is 2.75. The van der Waals surface area contributed by atoms with Crippen molar-refractivity contribution < 1.29 is 4.74 Å². The van der Waals surface area contributed by atoms with E-state index < -0.39 is 0 Å². The number of ether oxygens (including phenoxy) is 1. The molecule has 0 aliphatic heterocycles. The van der Waals surface area contributed by atoms with Gasteiger partial charge in [-0.2, -0.15) is 0 Å². The predicted molar refractivity (Wildman–Crippen MR) is 82.7 cm³/mol. The summed E-state index contributed by atoms with van der Waals surface area (Å²) < 4.78 is 5.27. The first kappa shape index (κ1) is 14.3. The maximum Gasteiger partial charge on any atom is 0.137 e. The van der Waals surface area contributed by atoms with Crippen molar-refractivity contribution in [2.24, 2.45) is 5.73 Å². The number of anilines is 2. The minimum atomic E-state index is 0.475. The molecule has 0 bridgehead atoms. The minimum Gasteiger partial charge on any atom is -0.497 e. The fraction of sp³-hybridized carbons (Fsp3) is 0.312. The number of nitrogens with zero attached hydrogens (tertiary/aromatic N) is 2. The van der Waals surface area contributed by atoms with Gasteiger partial charge in [0.05, 0.1) is 7.11 Å². The monoisotopic (exact) mass is 271 g/mol. The van der Waals surface area contributed by atoms with E-state index in [4.69, 9.17) is 10.5 Å². The standard InChI is InChI=1S/C16H21N3O/c1-11-8-12(2)18-16(15(11)10-17)19(3)13-6-5-7-14(9-13)20-4/h5-9H,10,17H2,1-4H3. The van der Waals surface area contributed by atoms with Crippen LogP contribution < -0.4 is 15.4 Å². The van der Waals surface area contributed by atoms with E-state index in [0.29, 0.717) is 6.54 Å². The molecule has 20 heavy (non-hydrogen) atoms. The third-order valence-corrected chi connectivity index (χ3v) is 3.42. The van der Waals surface area contributed by atoms with Gasteiger partial charge in [-0.3, -0.25) is 0 Å². The quantitative estimate of drug-likeness (QED) is 0.929. The highest BCUT2D eigenvalue weighted by Crippen LogP contribution is 2.29. The molecule has 2 aromatic rings. The van der Waals surface area contributed by atoms with Gasteiger partial charge in [0.25, 0.3) is 0 Å². The van der Waals surface area contributed by atoms with Crippen molar-refractivity contribution in [2.75, 3.05) is 19.1 Å². The van der Waals surface area contributed by atoms with Crippen molar-refractivity contribution in [1.82, 2.24) is 4.98 Å². The molecule has 0 radical (unpaired) electrons. The Kier molecular flexibility index (Phi) is 4.25. The summed E-state index contributed by atoms with van der Waals surface area (Å²) in [6.45, 7) is 4.54. The summed E-state index contributed by atoms with van der Waals surface area (Å²) in [4.78, 5) is 6.69. The van der Waals surface area contributed by atoms with Crippen molar-refractivity contribution in [3.63, 3.8) is 0 Å². The van der Waals surface area contributed by atoms with Crippen molar-refractivity contribution in [3.8, 4) is 5.75 Å². The molecule has 4 heteroatoms. The normalized spacial score (nSPS) is 10.4. The maximum atomic E-state index is 5.88. The highest BCUT2D eigenvalue weighted by Gasteiger charge is 2.13. The summed E-state index contributed by atoms with van der Waals surface area (Å²) in [7, 11) is 3.66. The van der Waals surface area contributed by atoms with Crippen LogP contribution in [-0.4, -0.2) is 19.1 Å². The predicted octanol–water partition coefficient (Wildman–Crippen LogP) is 2.93. The minimum absolute atomic E-state index is 0.475. The van der Waals surface area contributed by atoms with Gasteiger partial charge in [-0.1, -0.05) is 6.07 Å². The average Bonchev–Trinajstić information content (AvgIpc) is 2.45. The largest absolute Gasteiger partial charge is 0.497 e. The van der Waals surface area contributed by atoms with Crippen LogP contribution in [0, 0.1) is 13.8 Å². The Morgan fingerprint density at radius 3 is 2.65 bits per heavy atom. The van der Waals surface area contributed by atoms with Crippen LogP contribution in [0.1, 0.15) is 16.8 Å². The summed E-state index contributed by atoms with van der Waals surface area (Å²) in [5.41, 5.74) is 10.1. The Labute approximate surface area is 120 Å². The Morgan fingerprint density at radius 2 is 2.00 bits per heavy atom. The number of hydrogen-bond acceptors (Lipinski definition) is 4. The van der Waals surface area contributed by atoms with Crippen LogP contribution in [0.5, 0.6) is 5.75 Å². The van der Waals surface area contributed by atoms with Crippen LogP contribution in [-0.2, 0) is 6.54 Å². The molecule has 1 aromatic carbocycles. The Hall–Kier alpha value is -2.07. The van der Waals surface area contributed by atoms with E-state index in [2.05, 4.69) is 18.0 Å². The summed E-state index contributed by atoms with van der Waals surface area (Å²) >= 11 is 0. The molecule has 2 N–H and O–H groups in total. The molecule has 0 saturated carbocycles. The van der Waals surface area contributed by atoms with E-state index in [1.165, 1.54) is 5.56 Å². The van der Waals surface area contributed by atoms with Crippen molar-refractivity contribution in [2.45, 2.75) is 20.4 Å². The molecule has 0 saturated heterocycles. The maximum absolute atomic E-state index is 5.88. The van der Waals surface area contributed by atoms with E-state index in [0.717, 1.165) is 28.5 Å². The molecule has 0 aliphatic carbocycles. The van der Waals surface area contributed by atoms with Gasteiger partial charge in [0.15, 0.2) is 0 Å². The number of nitrogens with two attached hydrogens (primary N) is 1. The van der Waals surface area contributed by atoms with Crippen molar-refractivity contribution in [3.05, 3.63) is 47.2 Å². The highest BCUT2D eigenvalue weighted by atomic mass is 16.5. The molecule has 0 atom stereocenters. The zero-order valence-corrected chi connectivity index (χ0v) is 12.5. The summed E-state index contributed by atoms with van der Waals surface area (Å²) in [6, 6.07) is 9.97. The van der Waals surface area contributed by atoms with Crippen LogP contribution in [0.4, 0.5) is 11.5 Å². The van der Waals surface area contributed by atoms with Crippen LogP contribution in [0.2, 0.25) is 0 Å². The molecule has 4 nitrogen and oxygen atoms in total. The topological polar surface area (TPSA) is 51.4 Å².